The Morgan fingerprint density at radius 2 is 2.06 bits per heavy atom. The van der Waals surface area contributed by atoms with Crippen LogP contribution in [-0.4, -0.2) is 23.6 Å². The van der Waals surface area contributed by atoms with Crippen molar-refractivity contribution in [3.63, 3.8) is 0 Å². The zero-order valence-corrected chi connectivity index (χ0v) is 11.5. The van der Waals surface area contributed by atoms with Gasteiger partial charge in [0.15, 0.2) is 0 Å². The Kier molecular flexibility index (Phi) is 4.46. The molecule has 1 aliphatic rings. The van der Waals surface area contributed by atoms with Gasteiger partial charge in [0, 0.05) is 19.2 Å². The fraction of sp³-hybridized carbons (Fsp3) is 0.667. The zero-order valence-electron chi connectivity index (χ0n) is 9.99. The number of nitrogens with zero attached hydrogens (tertiary/aromatic N) is 3. The molecule has 17 heavy (non-hydrogen) atoms. The molecular formula is C12H17Cl2N3. The van der Waals surface area contributed by atoms with Crippen LogP contribution < -0.4 is 4.90 Å². The minimum absolute atomic E-state index is 0.351. The summed E-state index contributed by atoms with van der Waals surface area (Å²) in [4.78, 5) is 10.4. The molecule has 1 saturated carbocycles. The van der Waals surface area contributed by atoms with Crippen LogP contribution in [0.3, 0.4) is 0 Å². The van der Waals surface area contributed by atoms with Crippen LogP contribution in [0, 0.1) is 5.92 Å². The van der Waals surface area contributed by atoms with E-state index in [4.69, 9.17) is 23.2 Å². The lowest BCUT2D eigenvalue weighted by Gasteiger charge is -2.23. The molecule has 94 valence electrons. The van der Waals surface area contributed by atoms with Crippen LogP contribution in [0.15, 0.2) is 6.33 Å². The lowest BCUT2D eigenvalue weighted by molar-refractivity contribution is 0.544. The first-order chi connectivity index (χ1) is 8.22. The third-order valence-corrected chi connectivity index (χ3v) is 3.97. The number of hydrogen-bond donors (Lipinski definition) is 0. The molecule has 0 amide bonds. The fourth-order valence-electron chi connectivity index (χ4n) is 2.49. The summed E-state index contributed by atoms with van der Waals surface area (Å²) in [6.07, 6.45) is 6.84. The van der Waals surface area contributed by atoms with E-state index < -0.39 is 0 Å². The summed E-state index contributed by atoms with van der Waals surface area (Å²) in [6.45, 7) is 1.03. The number of halogens is 2. The van der Waals surface area contributed by atoms with E-state index in [0.29, 0.717) is 11.0 Å². The molecule has 0 spiro atoms. The fourth-order valence-corrected chi connectivity index (χ4v) is 3.00. The molecule has 5 heteroatoms. The highest BCUT2D eigenvalue weighted by Crippen LogP contribution is 2.29. The highest BCUT2D eigenvalue weighted by molar-refractivity contribution is 6.31. The lowest BCUT2D eigenvalue weighted by atomic mass is 10.1. The number of aromatic nitrogens is 2. The first-order valence-corrected chi connectivity index (χ1v) is 6.90. The second kappa shape index (κ2) is 5.87. The van der Waals surface area contributed by atoms with Crippen LogP contribution in [0.5, 0.6) is 0 Å². The van der Waals surface area contributed by atoms with E-state index in [0.717, 1.165) is 23.8 Å². The summed E-state index contributed by atoms with van der Waals surface area (Å²) >= 11 is 11.9. The van der Waals surface area contributed by atoms with E-state index >= 15 is 0 Å². The van der Waals surface area contributed by atoms with E-state index in [1.165, 1.54) is 32.0 Å². The maximum atomic E-state index is 6.03. The van der Waals surface area contributed by atoms with E-state index in [1.54, 1.807) is 0 Å². The molecule has 0 N–H and O–H groups in total. The van der Waals surface area contributed by atoms with Gasteiger partial charge in [0.2, 0.25) is 0 Å². The molecule has 0 aliphatic heterocycles. The Bertz CT molecular complexity index is 378. The quantitative estimate of drug-likeness (QED) is 0.621. The van der Waals surface area contributed by atoms with E-state index in [-0.39, 0.29) is 0 Å². The van der Waals surface area contributed by atoms with Gasteiger partial charge in [-0.3, -0.25) is 0 Å². The molecule has 0 saturated heterocycles. The Labute approximate surface area is 112 Å². The molecule has 1 heterocycles. The SMILES string of the molecule is CN(CC1CCCC1)c1ncnc(Cl)c1CCl. The Hall–Kier alpha value is -0.540. The van der Waals surface area contributed by atoms with Crippen LogP contribution in [0.2, 0.25) is 5.15 Å². The van der Waals surface area contributed by atoms with Crippen molar-refractivity contribution in [1.29, 1.82) is 0 Å². The maximum Gasteiger partial charge on any atom is 0.138 e. The lowest BCUT2D eigenvalue weighted by Crippen LogP contribution is -2.26. The second-order valence-electron chi connectivity index (χ2n) is 4.63. The highest BCUT2D eigenvalue weighted by atomic mass is 35.5. The molecule has 1 fully saturated rings. The molecular weight excluding hydrogens is 257 g/mol. The topological polar surface area (TPSA) is 29.0 Å². The predicted molar refractivity (Wildman–Crippen MR) is 71.8 cm³/mol. The highest BCUT2D eigenvalue weighted by Gasteiger charge is 2.19. The standard InChI is InChI=1S/C12H17Cl2N3/c1-17(7-9-4-2-3-5-9)12-10(6-13)11(14)15-8-16-12/h8-9H,2-7H2,1H3. The van der Waals surface area contributed by atoms with Crippen LogP contribution in [0.4, 0.5) is 5.82 Å². The summed E-state index contributed by atoms with van der Waals surface area (Å²) in [5.74, 6) is 1.99. The van der Waals surface area contributed by atoms with Crippen molar-refractivity contribution in [1.82, 2.24) is 9.97 Å². The van der Waals surface area contributed by atoms with Gasteiger partial charge in [-0.2, -0.15) is 0 Å². The summed E-state index contributed by atoms with van der Waals surface area (Å²) in [5, 5.41) is 0.461. The third-order valence-electron chi connectivity index (χ3n) is 3.37. The predicted octanol–water partition coefficient (Wildman–Crippen LogP) is 3.50. The van der Waals surface area contributed by atoms with Crippen molar-refractivity contribution < 1.29 is 0 Å². The van der Waals surface area contributed by atoms with Crippen molar-refractivity contribution in [3.8, 4) is 0 Å². The molecule has 0 unspecified atom stereocenters. The Balaban J connectivity index is 2.12. The summed E-state index contributed by atoms with van der Waals surface area (Å²) in [5.41, 5.74) is 0.830. The monoisotopic (exact) mass is 273 g/mol. The largest absolute Gasteiger partial charge is 0.359 e. The normalized spacial score (nSPS) is 16.4. The average Bonchev–Trinajstić information content (AvgIpc) is 2.81. The summed E-state index contributed by atoms with van der Waals surface area (Å²) in [7, 11) is 2.05. The molecule has 0 bridgehead atoms. The molecule has 0 atom stereocenters. The molecule has 2 rings (SSSR count). The summed E-state index contributed by atoms with van der Waals surface area (Å²) in [6, 6.07) is 0. The molecule has 1 aromatic heterocycles. The minimum Gasteiger partial charge on any atom is -0.359 e. The van der Waals surface area contributed by atoms with E-state index in [1.807, 2.05) is 7.05 Å². The van der Waals surface area contributed by atoms with Crippen LogP contribution in [0.25, 0.3) is 0 Å². The third kappa shape index (κ3) is 3.02. The number of anilines is 1. The summed E-state index contributed by atoms with van der Waals surface area (Å²) < 4.78 is 0. The van der Waals surface area contributed by atoms with Gasteiger partial charge in [0.1, 0.15) is 17.3 Å². The first-order valence-electron chi connectivity index (χ1n) is 5.99. The van der Waals surface area contributed by atoms with Gasteiger partial charge in [-0.1, -0.05) is 24.4 Å². The van der Waals surface area contributed by atoms with Gasteiger partial charge in [-0.05, 0) is 18.8 Å². The maximum absolute atomic E-state index is 6.03. The zero-order chi connectivity index (χ0) is 12.3. The molecule has 1 aliphatic carbocycles. The van der Waals surface area contributed by atoms with E-state index in [9.17, 15) is 0 Å². The van der Waals surface area contributed by atoms with Crippen molar-refractivity contribution in [2.75, 3.05) is 18.5 Å². The first kappa shape index (κ1) is 12.9. The van der Waals surface area contributed by atoms with Gasteiger partial charge in [0.05, 0.1) is 5.88 Å². The molecule has 0 radical (unpaired) electrons. The molecule has 1 aromatic rings. The van der Waals surface area contributed by atoms with E-state index in [2.05, 4.69) is 14.9 Å². The van der Waals surface area contributed by atoms with Gasteiger partial charge >= 0.3 is 0 Å². The van der Waals surface area contributed by atoms with Crippen molar-refractivity contribution in [2.45, 2.75) is 31.6 Å². The van der Waals surface area contributed by atoms with Gasteiger partial charge in [0.25, 0.3) is 0 Å². The number of alkyl halides is 1. The van der Waals surface area contributed by atoms with Gasteiger partial charge in [-0.15, -0.1) is 11.6 Å². The average molecular weight is 274 g/mol. The second-order valence-corrected chi connectivity index (χ2v) is 5.26. The van der Waals surface area contributed by atoms with Gasteiger partial charge < -0.3 is 4.90 Å². The van der Waals surface area contributed by atoms with Crippen molar-refractivity contribution >= 4 is 29.0 Å². The van der Waals surface area contributed by atoms with Crippen LogP contribution in [0.1, 0.15) is 31.2 Å². The van der Waals surface area contributed by atoms with Crippen LogP contribution in [-0.2, 0) is 5.88 Å². The smallest absolute Gasteiger partial charge is 0.138 e. The van der Waals surface area contributed by atoms with Crippen molar-refractivity contribution in [3.05, 3.63) is 17.0 Å². The Morgan fingerprint density at radius 1 is 1.35 bits per heavy atom. The van der Waals surface area contributed by atoms with Crippen LogP contribution >= 0.6 is 23.2 Å². The number of rotatable bonds is 4. The number of hydrogen-bond acceptors (Lipinski definition) is 3. The van der Waals surface area contributed by atoms with Crippen molar-refractivity contribution in [2.24, 2.45) is 5.92 Å². The minimum atomic E-state index is 0.351. The molecule has 0 aromatic carbocycles. The van der Waals surface area contributed by atoms with Gasteiger partial charge in [-0.25, -0.2) is 9.97 Å². The Morgan fingerprint density at radius 3 is 2.71 bits per heavy atom. The molecule has 3 nitrogen and oxygen atoms in total.